The first-order valence-electron chi connectivity index (χ1n) is 10.2. The van der Waals surface area contributed by atoms with Crippen LogP contribution in [0.4, 0.5) is 13.2 Å². The number of aromatic nitrogens is 2. The van der Waals surface area contributed by atoms with Crippen LogP contribution >= 0.6 is 11.8 Å². The summed E-state index contributed by atoms with van der Waals surface area (Å²) in [5.41, 5.74) is 0.119. The van der Waals surface area contributed by atoms with Gasteiger partial charge in [-0.25, -0.2) is 9.48 Å². The monoisotopic (exact) mass is 504 g/mol. The van der Waals surface area contributed by atoms with Gasteiger partial charge >= 0.3 is 12.1 Å². The smallest absolute Gasteiger partial charge is 0.416 e. The molecular formula is C24H19F3N2O5S. The number of esters is 1. The zero-order valence-electron chi connectivity index (χ0n) is 18.8. The predicted molar refractivity (Wildman–Crippen MR) is 122 cm³/mol. The van der Waals surface area contributed by atoms with Gasteiger partial charge in [0.15, 0.2) is 11.5 Å². The fourth-order valence-electron chi connectivity index (χ4n) is 3.52. The SMILES string of the molecule is CSc1cc(C(F)(F)F)ccc1C(=O)c1c(C)nn(C)c1OC(=O)/C=C/c1ccc2c(c1)OCO2. The summed E-state index contributed by atoms with van der Waals surface area (Å²) in [6.07, 6.45) is -0.276. The molecule has 1 aromatic heterocycles. The van der Waals surface area contributed by atoms with Crippen LogP contribution in [-0.2, 0) is 18.0 Å². The minimum absolute atomic E-state index is 0.00705. The van der Waals surface area contributed by atoms with Crippen molar-refractivity contribution in [1.82, 2.24) is 9.78 Å². The second-order valence-electron chi connectivity index (χ2n) is 7.50. The molecular weight excluding hydrogens is 485 g/mol. The first-order valence-corrected chi connectivity index (χ1v) is 11.4. The van der Waals surface area contributed by atoms with E-state index in [-0.39, 0.29) is 34.4 Å². The van der Waals surface area contributed by atoms with Crippen LogP contribution in [0.5, 0.6) is 17.4 Å². The molecule has 0 atom stereocenters. The van der Waals surface area contributed by atoms with E-state index in [1.807, 2.05) is 0 Å². The van der Waals surface area contributed by atoms with Crippen molar-refractivity contribution in [3.63, 3.8) is 0 Å². The molecule has 0 spiro atoms. The molecule has 0 aliphatic carbocycles. The van der Waals surface area contributed by atoms with E-state index in [1.54, 1.807) is 31.4 Å². The number of halogens is 3. The number of ketones is 1. The molecule has 0 bridgehead atoms. The molecule has 2 heterocycles. The Hall–Kier alpha value is -3.73. The topological polar surface area (TPSA) is 79.7 Å². The van der Waals surface area contributed by atoms with Crippen molar-refractivity contribution in [2.75, 3.05) is 13.0 Å². The lowest BCUT2D eigenvalue weighted by atomic mass is 10.0. The Bertz CT molecular complexity index is 1350. The van der Waals surface area contributed by atoms with Gasteiger partial charge in [-0.3, -0.25) is 4.79 Å². The average molecular weight is 504 g/mol. The molecule has 0 amide bonds. The average Bonchev–Trinajstić information content (AvgIpc) is 3.39. The fourth-order valence-corrected chi connectivity index (χ4v) is 4.14. The lowest BCUT2D eigenvalue weighted by molar-refractivity contribution is -0.137. The molecule has 182 valence electrons. The largest absolute Gasteiger partial charge is 0.454 e. The van der Waals surface area contributed by atoms with Crippen molar-refractivity contribution < 1.29 is 37.0 Å². The van der Waals surface area contributed by atoms with Crippen LogP contribution in [0.3, 0.4) is 0 Å². The van der Waals surface area contributed by atoms with Gasteiger partial charge in [0, 0.05) is 23.6 Å². The second kappa shape index (κ2) is 9.49. The minimum atomic E-state index is -4.54. The lowest BCUT2D eigenvalue weighted by Crippen LogP contribution is -2.13. The summed E-state index contributed by atoms with van der Waals surface area (Å²) < 4.78 is 56.5. The quantitative estimate of drug-likeness (QED) is 0.201. The first kappa shape index (κ1) is 24.4. The molecule has 1 aliphatic heterocycles. The molecule has 2 aromatic carbocycles. The Morgan fingerprint density at radius 3 is 2.60 bits per heavy atom. The number of hydrogen-bond acceptors (Lipinski definition) is 7. The third-order valence-electron chi connectivity index (χ3n) is 5.18. The Balaban J connectivity index is 1.60. The van der Waals surface area contributed by atoms with Crippen LogP contribution in [0.2, 0.25) is 0 Å². The van der Waals surface area contributed by atoms with Gasteiger partial charge < -0.3 is 14.2 Å². The van der Waals surface area contributed by atoms with Crippen LogP contribution in [0.25, 0.3) is 6.08 Å². The zero-order chi connectivity index (χ0) is 25.3. The standard InChI is InChI=1S/C24H19F3N2O5S/c1-13-21(22(31)16-7-6-15(24(25,26)27)11-19(16)35-3)23(29(2)28-13)34-20(30)9-5-14-4-8-17-18(10-14)33-12-32-17/h4-11H,12H2,1-3H3/b9-5+. The van der Waals surface area contributed by atoms with Gasteiger partial charge in [-0.05, 0) is 55.2 Å². The van der Waals surface area contributed by atoms with Gasteiger partial charge in [-0.1, -0.05) is 6.07 Å². The molecule has 0 saturated carbocycles. The number of carbonyl (C=O) groups excluding carboxylic acids is 2. The summed E-state index contributed by atoms with van der Waals surface area (Å²) in [6.45, 7) is 1.67. The summed E-state index contributed by atoms with van der Waals surface area (Å²) in [7, 11) is 1.50. The molecule has 0 saturated heterocycles. The van der Waals surface area contributed by atoms with E-state index in [1.165, 1.54) is 23.9 Å². The maximum Gasteiger partial charge on any atom is 0.416 e. The second-order valence-corrected chi connectivity index (χ2v) is 8.35. The van der Waals surface area contributed by atoms with Gasteiger partial charge in [-0.15, -0.1) is 11.8 Å². The van der Waals surface area contributed by atoms with Gasteiger partial charge in [0.05, 0.1) is 11.3 Å². The first-order chi connectivity index (χ1) is 16.6. The molecule has 4 rings (SSSR count). The Kier molecular flexibility index (Phi) is 6.62. The maximum absolute atomic E-state index is 13.3. The number of benzene rings is 2. The number of rotatable bonds is 6. The molecule has 0 N–H and O–H groups in total. The van der Waals surface area contributed by atoms with Crippen molar-refractivity contribution in [1.29, 1.82) is 0 Å². The summed E-state index contributed by atoms with van der Waals surface area (Å²) in [4.78, 5) is 26.0. The van der Waals surface area contributed by atoms with Crippen LogP contribution in [0.15, 0.2) is 47.4 Å². The number of thioether (sulfide) groups is 1. The molecule has 3 aromatic rings. The van der Waals surface area contributed by atoms with Crippen LogP contribution in [0, 0.1) is 6.92 Å². The molecule has 11 heteroatoms. The van der Waals surface area contributed by atoms with E-state index in [4.69, 9.17) is 14.2 Å². The number of aryl methyl sites for hydroxylation is 2. The number of alkyl halides is 3. The summed E-state index contributed by atoms with van der Waals surface area (Å²) in [6, 6.07) is 8.03. The van der Waals surface area contributed by atoms with Crippen molar-refractivity contribution in [3.05, 3.63) is 70.4 Å². The van der Waals surface area contributed by atoms with Gasteiger partial charge in [0.1, 0.15) is 5.56 Å². The molecule has 35 heavy (non-hydrogen) atoms. The number of fused-ring (bicyclic) bond motifs is 1. The van der Waals surface area contributed by atoms with Crippen molar-refractivity contribution in [3.8, 4) is 17.4 Å². The number of carbonyl (C=O) groups is 2. The fraction of sp³-hybridized carbons (Fsp3) is 0.208. The van der Waals surface area contributed by atoms with E-state index >= 15 is 0 Å². The molecule has 0 fully saturated rings. The number of hydrogen-bond donors (Lipinski definition) is 0. The molecule has 7 nitrogen and oxygen atoms in total. The number of ether oxygens (including phenoxy) is 3. The van der Waals surface area contributed by atoms with E-state index in [2.05, 4.69) is 5.10 Å². The normalized spacial score (nSPS) is 12.9. The Morgan fingerprint density at radius 1 is 1.14 bits per heavy atom. The maximum atomic E-state index is 13.3. The van der Waals surface area contributed by atoms with Crippen LogP contribution < -0.4 is 14.2 Å². The predicted octanol–water partition coefficient (Wildman–Crippen LogP) is 5.05. The van der Waals surface area contributed by atoms with Gasteiger partial charge in [0.2, 0.25) is 18.5 Å². The summed E-state index contributed by atoms with van der Waals surface area (Å²) in [5.74, 6) is -0.323. The third-order valence-corrected chi connectivity index (χ3v) is 5.95. The van der Waals surface area contributed by atoms with Crippen LogP contribution in [-0.4, -0.2) is 34.6 Å². The molecule has 1 aliphatic rings. The van der Waals surface area contributed by atoms with Gasteiger partial charge in [-0.2, -0.15) is 18.3 Å². The summed E-state index contributed by atoms with van der Waals surface area (Å²) >= 11 is 1.01. The van der Waals surface area contributed by atoms with E-state index in [0.29, 0.717) is 17.1 Å². The Morgan fingerprint density at radius 2 is 1.89 bits per heavy atom. The molecule has 0 radical (unpaired) electrons. The van der Waals surface area contributed by atoms with Crippen molar-refractivity contribution in [2.45, 2.75) is 18.0 Å². The highest BCUT2D eigenvalue weighted by molar-refractivity contribution is 7.98. The lowest BCUT2D eigenvalue weighted by Gasteiger charge is -2.12. The van der Waals surface area contributed by atoms with Crippen LogP contribution in [0.1, 0.15) is 32.7 Å². The third kappa shape index (κ3) is 5.04. The number of nitrogens with zero attached hydrogens (tertiary/aromatic N) is 2. The highest BCUT2D eigenvalue weighted by atomic mass is 32.2. The zero-order valence-corrected chi connectivity index (χ0v) is 19.6. The Labute approximate surface area is 202 Å². The van der Waals surface area contributed by atoms with Crippen molar-refractivity contribution in [2.24, 2.45) is 7.05 Å². The molecule has 0 unspecified atom stereocenters. The van der Waals surface area contributed by atoms with Gasteiger partial charge in [0.25, 0.3) is 0 Å². The minimum Gasteiger partial charge on any atom is -0.454 e. The highest BCUT2D eigenvalue weighted by Gasteiger charge is 2.32. The summed E-state index contributed by atoms with van der Waals surface area (Å²) in [5, 5.41) is 4.16. The van der Waals surface area contributed by atoms with E-state index < -0.39 is 23.5 Å². The van der Waals surface area contributed by atoms with Crippen molar-refractivity contribution >= 4 is 29.6 Å². The van der Waals surface area contributed by atoms with E-state index in [0.717, 1.165) is 30.0 Å². The highest BCUT2D eigenvalue weighted by Crippen LogP contribution is 2.35. The van der Waals surface area contributed by atoms with E-state index in [9.17, 15) is 22.8 Å².